The molecule has 1 atom stereocenters. The van der Waals surface area contributed by atoms with E-state index < -0.39 is 10.0 Å². The summed E-state index contributed by atoms with van der Waals surface area (Å²) in [4.78, 5) is 12.4. The summed E-state index contributed by atoms with van der Waals surface area (Å²) in [6, 6.07) is 13.1. The van der Waals surface area contributed by atoms with Crippen molar-refractivity contribution < 1.29 is 17.9 Å². The molecule has 0 bridgehead atoms. The Balaban J connectivity index is 1.69. The summed E-state index contributed by atoms with van der Waals surface area (Å²) in [5.41, 5.74) is 2.13. The first-order valence-corrected chi connectivity index (χ1v) is 9.50. The van der Waals surface area contributed by atoms with E-state index in [9.17, 15) is 13.2 Å². The van der Waals surface area contributed by atoms with Gasteiger partial charge in [-0.3, -0.25) is 4.79 Å². The van der Waals surface area contributed by atoms with Gasteiger partial charge in [0.15, 0.2) is 0 Å². The predicted octanol–water partition coefficient (Wildman–Crippen LogP) is 2.31. The first kappa shape index (κ1) is 17.6. The van der Waals surface area contributed by atoms with Gasteiger partial charge in [-0.15, -0.1) is 0 Å². The van der Waals surface area contributed by atoms with Crippen LogP contribution in [0.25, 0.3) is 0 Å². The molecule has 0 aliphatic carbocycles. The molecule has 0 saturated carbocycles. The maximum Gasteiger partial charge on any atom is 0.255 e. The molecule has 1 amide bonds. The minimum absolute atomic E-state index is 0.131. The summed E-state index contributed by atoms with van der Waals surface area (Å²) < 4.78 is 32.4. The van der Waals surface area contributed by atoms with E-state index in [1.54, 1.807) is 6.07 Å². The maximum atomic E-state index is 12.3. The first-order valence-electron chi connectivity index (χ1n) is 8.02. The third kappa shape index (κ3) is 4.45. The lowest BCUT2D eigenvalue weighted by Crippen LogP contribution is -2.35. The Labute approximate surface area is 147 Å². The first-order chi connectivity index (χ1) is 11.9. The maximum absolute atomic E-state index is 12.3. The number of carbonyl (C=O) groups is 1. The van der Waals surface area contributed by atoms with Crippen LogP contribution in [0, 0.1) is 6.92 Å². The molecular formula is C18H20N2O4S. The number of nitrogens with one attached hydrogen (secondary N) is 2. The topological polar surface area (TPSA) is 84.5 Å². The van der Waals surface area contributed by atoms with E-state index in [0.29, 0.717) is 30.9 Å². The number of hydrogen-bond donors (Lipinski definition) is 2. The van der Waals surface area contributed by atoms with Crippen molar-refractivity contribution in [2.24, 2.45) is 0 Å². The largest absolute Gasteiger partial charge is 0.380 e. The van der Waals surface area contributed by atoms with Crippen LogP contribution >= 0.6 is 0 Å². The Hall–Kier alpha value is -2.22. The van der Waals surface area contributed by atoms with E-state index in [2.05, 4.69) is 10.0 Å². The average Bonchev–Trinajstić information content (AvgIpc) is 3.07. The molecule has 1 aliphatic rings. The predicted molar refractivity (Wildman–Crippen MR) is 95.1 cm³/mol. The number of carbonyl (C=O) groups excluding carboxylic acids is 1. The molecule has 1 aliphatic heterocycles. The molecule has 2 N–H and O–H groups in total. The second kappa shape index (κ2) is 7.35. The van der Waals surface area contributed by atoms with E-state index in [-0.39, 0.29) is 16.8 Å². The summed E-state index contributed by atoms with van der Waals surface area (Å²) in [7, 11) is -3.61. The lowest BCUT2D eigenvalue weighted by molar-refractivity contribution is 0.102. The molecule has 7 heteroatoms. The summed E-state index contributed by atoms with van der Waals surface area (Å²) in [6.45, 7) is 2.89. The van der Waals surface area contributed by atoms with Crippen LogP contribution in [-0.2, 0) is 14.8 Å². The molecule has 0 aromatic heterocycles. The average molecular weight is 360 g/mol. The van der Waals surface area contributed by atoms with E-state index in [0.717, 1.165) is 5.56 Å². The molecule has 1 saturated heterocycles. The summed E-state index contributed by atoms with van der Waals surface area (Å²) in [5.74, 6) is -0.285. The van der Waals surface area contributed by atoms with Gasteiger partial charge in [-0.05, 0) is 55.3 Å². The summed E-state index contributed by atoms with van der Waals surface area (Å²) in [6.07, 6.45) is 0.663. The van der Waals surface area contributed by atoms with Gasteiger partial charge in [0.2, 0.25) is 10.0 Å². The number of amides is 1. The third-order valence-electron chi connectivity index (χ3n) is 3.95. The van der Waals surface area contributed by atoms with Gasteiger partial charge in [0.05, 0.1) is 11.5 Å². The van der Waals surface area contributed by atoms with Crippen LogP contribution in [0.4, 0.5) is 5.69 Å². The molecule has 0 radical (unpaired) electrons. The fourth-order valence-corrected chi connectivity index (χ4v) is 3.88. The quantitative estimate of drug-likeness (QED) is 0.857. The molecule has 2 aromatic carbocycles. The molecule has 25 heavy (non-hydrogen) atoms. The zero-order valence-electron chi connectivity index (χ0n) is 13.9. The zero-order chi connectivity index (χ0) is 17.9. The number of aryl methyl sites for hydroxylation is 1. The van der Waals surface area contributed by atoms with Crippen molar-refractivity contribution >= 4 is 21.6 Å². The Morgan fingerprint density at radius 3 is 2.56 bits per heavy atom. The highest BCUT2D eigenvalue weighted by Crippen LogP contribution is 2.15. The molecule has 132 valence electrons. The minimum atomic E-state index is -3.61. The highest BCUT2D eigenvalue weighted by Gasteiger charge is 2.23. The van der Waals surface area contributed by atoms with Crippen LogP contribution in [-0.4, -0.2) is 33.6 Å². The second-order valence-electron chi connectivity index (χ2n) is 6.03. The monoisotopic (exact) mass is 360 g/mol. The van der Waals surface area contributed by atoms with E-state index in [4.69, 9.17) is 4.74 Å². The molecule has 3 rings (SSSR count). The van der Waals surface area contributed by atoms with Gasteiger partial charge >= 0.3 is 0 Å². The van der Waals surface area contributed by atoms with Crippen LogP contribution in [0.15, 0.2) is 53.4 Å². The molecule has 2 aromatic rings. The standard InChI is InChI=1S/C18H20N2O4S/c1-13-3-2-4-15(11-13)19-18(21)14-5-7-17(8-6-14)25(22,23)20-16-9-10-24-12-16/h2-8,11,16,20H,9-10,12H2,1H3,(H,19,21)/t16-/m0/s1. The van der Waals surface area contributed by atoms with Crippen LogP contribution in [0.2, 0.25) is 0 Å². The number of benzene rings is 2. The van der Waals surface area contributed by atoms with E-state index >= 15 is 0 Å². The van der Waals surface area contributed by atoms with Gasteiger partial charge in [-0.1, -0.05) is 12.1 Å². The number of hydrogen-bond acceptors (Lipinski definition) is 4. The number of ether oxygens (including phenoxy) is 1. The highest BCUT2D eigenvalue weighted by molar-refractivity contribution is 7.89. The molecule has 6 nitrogen and oxygen atoms in total. The van der Waals surface area contributed by atoms with Gasteiger partial charge in [0.1, 0.15) is 0 Å². The fourth-order valence-electron chi connectivity index (χ4n) is 2.63. The number of sulfonamides is 1. The van der Waals surface area contributed by atoms with Crippen molar-refractivity contribution in [2.75, 3.05) is 18.5 Å². The number of anilines is 1. The van der Waals surface area contributed by atoms with Crippen LogP contribution in [0.3, 0.4) is 0 Å². The fraction of sp³-hybridized carbons (Fsp3) is 0.278. The van der Waals surface area contributed by atoms with Crippen molar-refractivity contribution in [3.8, 4) is 0 Å². The molecular weight excluding hydrogens is 340 g/mol. The van der Waals surface area contributed by atoms with Crippen molar-refractivity contribution in [3.63, 3.8) is 0 Å². The SMILES string of the molecule is Cc1cccc(NC(=O)c2ccc(S(=O)(=O)N[C@H]3CCOC3)cc2)c1. The second-order valence-corrected chi connectivity index (χ2v) is 7.74. The third-order valence-corrected chi connectivity index (χ3v) is 5.49. The lowest BCUT2D eigenvalue weighted by atomic mass is 10.2. The van der Waals surface area contributed by atoms with Crippen molar-refractivity contribution in [1.82, 2.24) is 4.72 Å². The van der Waals surface area contributed by atoms with Crippen molar-refractivity contribution in [2.45, 2.75) is 24.3 Å². The Bertz CT molecular complexity index is 857. The van der Waals surface area contributed by atoms with Crippen LogP contribution < -0.4 is 10.0 Å². The molecule has 1 fully saturated rings. The smallest absolute Gasteiger partial charge is 0.255 e. The lowest BCUT2D eigenvalue weighted by Gasteiger charge is -2.12. The summed E-state index contributed by atoms with van der Waals surface area (Å²) in [5, 5.41) is 2.80. The minimum Gasteiger partial charge on any atom is -0.380 e. The van der Waals surface area contributed by atoms with Crippen molar-refractivity contribution in [3.05, 3.63) is 59.7 Å². The molecule has 1 heterocycles. The van der Waals surface area contributed by atoms with Gasteiger partial charge in [-0.25, -0.2) is 13.1 Å². The van der Waals surface area contributed by atoms with Gasteiger partial charge in [0.25, 0.3) is 5.91 Å². The van der Waals surface area contributed by atoms with Gasteiger partial charge in [0, 0.05) is 23.9 Å². The highest BCUT2D eigenvalue weighted by atomic mass is 32.2. The normalized spacial score (nSPS) is 17.4. The van der Waals surface area contributed by atoms with E-state index in [1.807, 2.05) is 25.1 Å². The Kier molecular flexibility index (Phi) is 5.17. The Morgan fingerprint density at radius 1 is 1.16 bits per heavy atom. The van der Waals surface area contributed by atoms with Crippen molar-refractivity contribution in [1.29, 1.82) is 0 Å². The van der Waals surface area contributed by atoms with E-state index in [1.165, 1.54) is 24.3 Å². The van der Waals surface area contributed by atoms with Crippen LogP contribution in [0.5, 0.6) is 0 Å². The van der Waals surface area contributed by atoms with Gasteiger partial charge < -0.3 is 10.1 Å². The zero-order valence-corrected chi connectivity index (χ0v) is 14.7. The molecule has 0 unspecified atom stereocenters. The van der Waals surface area contributed by atoms with Crippen LogP contribution in [0.1, 0.15) is 22.3 Å². The Morgan fingerprint density at radius 2 is 1.92 bits per heavy atom. The number of rotatable bonds is 5. The summed E-state index contributed by atoms with van der Waals surface area (Å²) >= 11 is 0. The molecule has 0 spiro atoms. The van der Waals surface area contributed by atoms with Gasteiger partial charge in [-0.2, -0.15) is 0 Å².